The monoisotopic (exact) mass is 414 g/mol. The molecule has 4 rings (SSSR count). The van der Waals surface area contributed by atoms with Gasteiger partial charge in [0.2, 0.25) is 0 Å². The van der Waals surface area contributed by atoms with Gasteiger partial charge in [-0.2, -0.15) is 0 Å². The van der Waals surface area contributed by atoms with Gasteiger partial charge in [-0.15, -0.1) is 0 Å². The van der Waals surface area contributed by atoms with Crippen LogP contribution < -0.4 is 10.6 Å². The Bertz CT molecular complexity index is 737. The zero-order chi connectivity index (χ0) is 21.4. The van der Waals surface area contributed by atoms with E-state index in [9.17, 15) is 4.79 Å². The molecule has 166 valence electrons. The number of anilines is 2. The van der Waals surface area contributed by atoms with Gasteiger partial charge < -0.3 is 25.2 Å². The number of nitrogens with zero attached hydrogens (tertiary/aromatic N) is 3. The van der Waals surface area contributed by atoms with E-state index in [0.29, 0.717) is 0 Å². The summed E-state index contributed by atoms with van der Waals surface area (Å²) in [6.45, 7) is 13.2. The molecule has 1 amide bonds. The Labute approximate surface area is 181 Å². The second-order valence-corrected chi connectivity index (χ2v) is 10.7. The largest absolute Gasteiger partial charge is 0.444 e. The minimum Gasteiger partial charge on any atom is -0.444 e. The smallest absolute Gasteiger partial charge is 0.410 e. The summed E-state index contributed by atoms with van der Waals surface area (Å²) >= 11 is 0. The van der Waals surface area contributed by atoms with Gasteiger partial charge in [0.1, 0.15) is 5.60 Å². The number of hydrogen-bond donors (Lipinski definition) is 1. The lowest BCUT2D eigenvalue weighted by molar-refractivity contribution is 0.0273. The fourth-order valence-electron chi connectivity index (χ4n) is 5.36. The van der Waals surface area contributed by atoms with Crippen LogP contribution in [0, 0.1) is 11.3 Å². The van der Waals surface area contributed by atoms with Crippen molar-refractivity contribution in [3.05, 3.63) is 24.3 Å². The molecule has 6 nitrogen and oxygen atoms in total. The van der Waals surface area contributed by atoms with Crippen LogP contribution in [0.4, 0.5) is 16.2 Å². The summed E-state index contributed by atoms with van der Waals surface area (Å²) in [7, 11) is 0. The topological polar surface area (TPSA) is 62.0 Å². The number of nitrogens with two attached hydrogens (primary N) is 1. The molecule has 0 bridgehead atoms. The lowest BCUT2D eigenvalue weighted by atomic mass is 9.86. The van der Waals surface area contributed by atoms with Crippen molar-refractivity contribution in [2.45, 2.75) is 52.1 Å². The predicted octanol–water partition coefficient (Wildman–Crippen LogP) is 3.82. The van der Waals surface area contributed by atoms with Crippen LogP contribution in [0.15, 0.2) is 24.3 Å². The first-order valence-electron chi connectivity index (χ1n) is 11.5. The van der Waals surface area contributed by atoms with E-state index in [1.54, 1.807) is 0 Å². The minimum absolute atomic E-state index is 0.145. The Hall–Kier alpha value is -1.95. The molecular weight excluding hydrogens is 376 g/mol. The number of hydrogen-bond acceptors (Lipinski definition) is 5. The van der Waals surface area contributed by atoms with Crippen LogP contribution in [-0.4, -0.2) is 67.3 Å². The van der Waals surface area contributed by atoms with Gasteiger partial charge in [0.05, 0.1) is 0 Å². The van der Waals surface area contributed by atoms with Crippen molar-refractivity contribution < 1.29 is 9.53 Å². The van der Waals surface area contributed by atoms with Gasteiger partial charge in [-0.25, -0.2) is 4.79 Å². The molecule has 0 radical (unpaired) electrons. The first kappa shape index (κ1) is 21.3. The summed E-state index contributed by atoms with van der Waals surface area (Å²) in [4.78, 5) is 19.5. The molecule has 1 spiro atoms. The molecule has 1 atom stereocenters. The molecule has 3 aliphatic heterocycles. The molecule has 3 saturated heterocycles. The summed E-state index contributed by atoms with van der Waals surface area (Å²) in [6, 6.07) is 8.26. The third-order valence-electron chi connectivity index (χ3n) is 7.00. The van der Waals surface area contributed by atoms with Crippen molar-refractivity contribution in [2.24, 2.45) is 11.3 Å². The number of ether oxygens (including phenoxy) is 1. The van der Waals surface area contributed by atoms with Crippen LogP contribution in [0.2, 0.25) is 0 Å². The third-order valence-corrected chi connectivity index (χ3v) is 7.00. The van der Waals surface area contributed by atoms with Gasteiger partial charge in [-0.3, -0.25) is 0 Å². The van der Waals surface area contributed by atoms with Crippen LogP contribution in [0.1, 0.15) is 46.5 Å². The maximum absolute atomic E-state index is 12.4. The molecule has 1 unspecified atom stereocenters. The number of nitrogen functional groups attached to an aromatic ring is 1. The van der Waals surface area contributed by atoms with Gasteiger partial charge in [-0.1, -0.05) is 0 Å². The second-order valence-electron chi connectivity index (χ2n) is 10.7. The summed E-state index contributed by atoms with van der Waals surface area (Å²) in [5.74, 6) is 0.772. The Kier molecular flexibility index (Phi) is 5.88. The molecule has 0 saturated carbocycles. The molecule has 0 aromatic heterocycles. The third kappa shape index (κ3) is 5.02. The van der Waals surface area contributed by atoms with Crippen molar-refractivity contribution in [3.8, 4) is 0 Å². The van der Waals surface area contributed by atoms with Gasteiger partial charge in [0.25, 0.3) is 0 Å². The SMILES string of the molecule is CC(C)(C)OC(=O)N1CCC2(CCN(CC3CCN(c4ccc(N)cc4)CC3)C2)C1. The van der Waals surface area contributed by atoms with Gasteiger partial charge in [0.15, 0.2) is 0 Å². The van der Waals surface area contributed by atoms with Crippen LogP contribution in [-0.2, 0) is 4.74 Å². The maximum Gasteiger partial charge on any atom is 0.410 e. The highest BCUT2D eigenvalue weighted by Gasteiger charge is 2.45. The average molecular weight is 415 g/mol. The highest BCUT2D eigenvalue weighted by atomic mass is 16.6. The van der Waals surface area contributed by atoms with Crippen molar-refractivity contribution >= 4 is 17.5 Å². The van der Waals surface area contributed by atoms with E-state index in [0.717, 1.165) is 50.7 Å². The van der Waals surface area contributed by atoms with E-state index < -0.39 is 5.60 Å². The first-order chi connectivity index (χ1) is 14.2. The average Bonchev–Trinajstić information content (AvgIpc) is 3.29. The maximum atomic E-state index is 12.4. The van der Waals surface area contributed by atoms with E-state index in [1.165, 1.54) is 38.0 Å². The number of piperidine rings is 1. The van der Waals surface area contributed by atoms with E-state index in [-0.39, 0.29) is 11.5 Å². The highest BCUT2D eigenvalue weighted by molar-refractivity contribution is 5.68. The molecule has 30 heavy (non-hydrogen) atoms. The van der Waals surface area contributed by atoms with Crippen LogP contribution in [0.5, 0.6) is 0 Å². The Morgan fingerprint density at radius 1 is 1.07 bits per heavy atom. The second kappa shape index (κ2) is 8.29. The Balaban J connectivity index is 1.23. The zero-order valence-corrected chi connectivity index (χ0v) is 18.9. The molecule has 1 aromatic carbocycles. The number of carbonyl (C=O) groups is 1. The van der Waals surface area contributed by atoms with Gasteiger partial charge >= 0.3 is 6.09 Å². The molecule has 1 aromatic rings. The van der Waals surface area contributed by atoms with Crippen LogP contribution in [0.3, 0.4) is 0 Å². The van der Waals surface area contributed by atoms with Crippen molar-refractivity contribution in [3.63, 3.8) is 0 Å². The number of carbonyl (C=O) groups excluding carboxylic acids is 1. The summed E-state index contributed by atoms with van der Waals surface area (Å²) in [6.07, 6.45) is 4.66. The van der Waals surface area contributed by atoms with E-state index >= 15 is 0 Å². The van der Waals surface area contributed by atoms with Crippen LogP contribution in [0.25, 0.3) is 0 Å². The molecule has 6 heteroatoms. The zero-order valence-electron chi connectivity index (χ0n) is 18.9. The normalized spacial score (nSPS) is 26.0. The lowest BCUT2D eigenvalue weighted by Crippen LogP contribution is -2.40. The van der Waals surface area contributed by atoms with Gasteiger partial charge in [-0.05, 0) is 83.2 Å². The van der Waals surface area contributed by atoms with Gasteiger partial charge in [0, 0.05) is 56.1 Å². The number of rotatable bonds is 3. The molecule has 2 N–H and O–H groups in total. The molecule has 0 aliphatic carbocycles. The van der Waals surface area contributed by atoms with Crippen molar-refractivity contribution in [1.82, 2.24) is 9.80 Å². The predicted molar refractivity (Wildman–Crippen MR) is 122 cm³/mol. The minimum atomic E-state index is -0.421. The molecule has 3 heterocycles. The fraction of sp³-hybridized carbons (Fsp3) is 0.708. The number of amides is 1. The number of likely N-dealkylation sites (tertiary alicyclic amines) is 2. The molecular formula is C24H38N4O2. The van der Waals surface area contributed by atoms with Crippen molar-refractivity contribution in [1.29, 1.82) is 0 Å². The number of benzene rings is 1. The Morgan fingerprint density at radius 3 is 2.40 bits per heavy atom. The quantitative estimate of drug-likeness (QED) is 0.762. The highest BCUT2D eigenvalue weighted by Crippen LogP contribution is 2.40. The standard InChI is InChI=1S/C24H38N4O2/c1-23(2,3)30-22(29)28-15-11-24(18-28)10-14-26(17-24)16-19-8-12-27(13-9-19)21-6-4-20(25)5-7-21/h4-7,19H,8-18,25H2,1-3H3. The first-order valence-corrected chi connectivity index (χ1v) is 11.5. The lowest BCUT2D eigenvalue weighted by Gasteiger charge is -2.35. The van der Waals surface area contributed by atoms with Crippen LogP contribution >= 0.6 is 0 Å². The summed E-state index contributed by atoms with van der Waals surface area (Å²) in [5, 5.41) is 0. The fourth-order valence-corrected chi connectivity index (χ4v) is 5.36. The van der Waals surface area contributed by atoms with E-state index in [2.05, 4.69) is 21.9 Å². The summed E-state index contributed by atoms with van der Waals surface area (Å²) in [5.41, 5.74) is 7.79. The summed E-state index contributed by atoms with van der Waals surface area (Å²) < 4.78 is 5.59. The van der Waals surface area contributed by atoms with Crippen molar-refractivity contribution in [2.75, 3.05) is 56.4 Å². The molecule has 3 fully saturated rings. The Morgan fingerprint density at radius 2 is 1.73 bits per heavy atom. The van der Waals surface area contributed by atoms with E-state index in [1.807, 2.05) is 37.8 Å². The molecule has 3 aliphatic rings. The van der Waals surface area contributed by atoms with E-state index in [4.69, 9.17) is 10.5 Å².